The normalized spacial score (nSPS) is 13.5. The van der Waals surface area contributed by atoms with Crippen LogP contribution < -0.4 is 10.4 Å². The van der Waals surface area contributed by atoms with Gasteiger partial charge in [0.1, 0.15) is 0 Å². The third-order valence-electron chi connectivity index (χ3n) is 4.81. The molecule has 0 saturated heterocycles. The van der Waals surface area contributed by atoms with E-state index in [0.717, 1.165) is 0 Å². The number of hydrogen-bond donors (Lipinski definition) is 1. The molecule has 0 aromatic heterocycles. The van der Waals surface area contributed by atoms with Gasteiger partial charge < -0.3 is 14.3 Å². The van der Waals surface area contributed by atoms with Gasteiger partial charge in [-0.25, -0.2) is 4.79 Å². The number of aliphatic hydroxyl groups excluding tert-OH is 1. The highest BCUT2D eigenvalue weighted by atomic mass is 28.4. The Morgan fingerprint density at radius 3 is 1.93 bits per heavy atom. The quantitative estimate of drug-likeness (QED) is 0.422. The van der Waals surface area contributed by atoms with Gasteiger partial charge in [-0.1, -0.05) is 93.6 Å². The summed E-state index contributed by atoms with van der Waals surface area (Å²) < 4.78 is 11.2. The molecule has 5 heteroatoms. The van der Waals surface area contributed by atoms with E-state index in [9.17, 15) is 9.90 Å². The first-order chi connectivity index (χ1) is 13.3. The lowest BCUT2D eigenvalue weighted by molar-refractivity contribution is -0.150. The highest BCUT2D eigenvalue weighted by molar-refractivity contribution is 6.99. The van der Waals surface area contributed by atoms with Gasteiger partial charge in [-0.2, -0.15) is 0 Å². The van der Waals surface area contributed by atoms with Crippen molar-refractivity contribution in [3.8, 4) is 0 Å². The zero-order valence-electron chi connectivity index (χ0n) is 17.1. The molecule has 1 N–H and O–H groups in total. The number of esters is 1. The number of rotatable bonds is 8. The summed E-state index contributed by atoms with van der Waals surface area (Å²) >= 11 is 0. The lowest BCUT2D eigenvalue weighted by Crippen LogP contribution is -2.66. The first-order valence-corrected chi connectivity index (χ1v) is 11.4. The van der Waals surface area contributed by atoms with Crippen molar-refractivity contribution < 1.29 is 19.1 Å². The predicted molar refractivity (Wildman–Crippen MR) is 115 cm³/mol. The Morgan fingerprint density at radius 2 is 1.50 bits per heavy atom. The molecule has 2 aromatic carbocycles. The minimum absolute atomic E-state index is 0.0882. The average Bonchev–Trinajstić information content (AvgIpc) is 2.70. The molecular formula is C23H30O4Si. The van der Waals surface area contributed by atoms with Crippen molar-refractivity contribution in [2.75, 3.05) is 13.7 Å². The molecule has 0 spiro atoms. The monoisotopic (exact) mass is 398 g/mol. The third-order valence-corrected chi connectivity index (χ3v) is 9.82. The van der Waals surface area contributed by atoms with Crippen LogP contribution in [0.5, 0.6) is 0 Å². The summed E-state index contributed by atoms with van der Waals surface area (Å²) in [5.74, 6) is -0.627. The molecule has 0 amide bonds. The molecule has 0 fully saturated rings. The van der Waals surface area contributed by atoms with Gasteiger partial charge in [0.05, 0.1) is 13.7 Å². The second kappa shape index (κ2) is 9.82. The maximum Gasteiger partial charge on any atom is 0.335 e. The molecule has 0 saturated carbocycles. The van der Waals surface area contributed by atoms with Gasteiger partial charge in [0.15, 0.2) is 6.10 Å². The Bertz CT molecular complexity index is 727. The Balaban J connectivity index is 2.31. The van der Waals surface area contributed by atoms with E-state index in [1.54, 1.807) is 6.08 Å². The molecule has 150 valence electrons. The molecule has 0 heterocycles. The summed E-state index contributed by atoms with van der Waals surface area (Å²) in [5.41, 5.74) is 0. The summed E-state index contributed by atoms with van der Waals surface area (Å²) in [6, 6.07) is 20.8. The van der Waals surface area contributed by atoms with Crippen molar-refractivity contribution >= 4 is 24.7 Å². The number of carbonyl (C=O) groups is 1. The van der Waals surface area contributed by atoms with Gasteiger partial charge in [0.2, 0.25) is 0 Å². The Morgan fingerprint density at radius 1 is 1.00 bits per heavy atom. The van der Waals surface area contributed by atoms with Crippen LogP contribution in [0, 0.1) is 0 Å². The Hall–Kier alpha value is -2.21. The first-order valence-electron chi connectivity index (χ1n) is 9.49. The third kappa shape index (κ3) is 4.98. The highest BCUT2D eigenvalue weighted by Crippen LogP contribution is 2.36. The Labute approximate surface area is 169 Å². The van der Waals surface area contributed by atoms with Crippen LogP contribution in [0.4, 0.5) is 0 Å². The standard InChI is InChI=1S/C23H30O4Si/c1-23(2,3)28(19-13-7-5-8-14-19,20-15-9-6-10-16-20)27-18-12-11-17-21(24)22(25)26-4/h5-16,21,24H,17-18H2,1-4H3/b12-11+. The van der Waals surface area contributed by atoms with Gasteiger partial charge in [-0.3, -0.25) is 0 Å². The summed E-state index contributed by atoms with van der Waals surface area (Å²) in [6.45, 7) is 7.08. The zero-order valence-corrected chi connectivity index (χ0v) is 18.1. The number of hydrogen-bond acceptors (Lipinski definition) is 4. The molecule has 2 aromatic rings. The number of carbonyl (C=O) groups excluding carboxylic acids is 1. The molecule has 1 atom stereocenters. The van der Waals surface area contributed by atoms with Crippen molar-refractivity contribution in [2.45, 2.75) is 38.3 Å². The second-order valence-electron chi connectivity index (χ2n) is 7.72. The minimum atomic E-state index is -2.56. The van der Waals surface area contributed by atoms with Crippen LogP contribution in [0.2, 0.25) is 5.04 Å². The van der Waals surface area contributed by atoms with E-state index in [4.69, 9.17) is 4.43 Å². The van der Waals surface area contributed by atoms with Crippen LogP contribution in [0.3, 0.4) is 0 Å². The lowest BCUT2D eigenvalue weighted by atomic mass is 10.2. The molecule has 0 bridgehead atoms. The van der Waals surface area contributed by atoms with Crippen molar-refractivity contribution in [1.29, 1.82) is 0 Å². The fourth-order valence-corrected chi connectivity index (χ4v) is 7.96. The van der Waals surface area contributed by atoms with Crippen molar-refractivity contribution in [2.24, 2.45) is 0 Å². The molecule has 28 heavy (non-hydrogen) atoms. The fourth-order valence-electron chi connectivity index (χ4n) is 3.46. The lowest BCUT2D eigenvalue weighted by Gasteiger charge is -2.42. The number of ether oxygens (including phenoxy) is 1. The molecule has 2 rings (SSSR count). The number of methoxy groups -OCH3 is 1. The van der Waals surface area contributed by atoms with Crippen LogP contribution in [-0.2, 0) is 14.0 Å². The van der Waals surface area contributed by atoms with E-state index in [1.807, 2.05) is 18.2 Å². The largest absolute Gasteiger partial charge is 0.467 e. The second-order valence-corrected chi connectivity index (χ2v) is 12.0. The van der Waals surface area contributed by atoms with Crippen LogP contribution in [-0.4, -0.2) is 39.2 Å². The fraction of sp³-hybridized carbons (Fsp3) is 0.348. The van der Waals surface area contributed by atoms with Gasteiger partial charge >= 0.3 is 5.97 Å². The molecule has 0 radical (unpaired) electrons. The van der Waals surface area contributed by atoms with Gasteiger partial charge in [0.25, 0.3) is 8.32 Å². The summed E-state index contributed by atoms with van der Waals surface area (Å²) in [7, 11) is -1.30. The molecular weight excluding hydrogens is 368 g/mol. The molecule has 0 aliphatic rings. The topological polar surface area (TPSA) is 55.8 Å². The molecule has 1 unspecified atom stereocenters. The Kier molecular flexibility index (Phi) is 7.75. The maximum atomic E-state index is 11.3. The minimum Gasteiger partial charge on any atom is -0.467 e. The van der Waals surface area contributed by atoms with Gasteiger partial charge in [-0.05, 0) is 15.4 Å². The van der Waals surface area contributed by atoms with Crippen molar-refractivity contribution in [3.63, 3.8) is 0 Å². The van der Waals surface area contributed by atoms with Gasteiger partial charge in [0, 0.05) is 6.42 Å². The van der Waals surface area contributed by atoms with E-state index in [2.05, 4.69) is 74.0 Å². The first kappa shape index (κ1) is 22.1. The maximum absolute atomic E-state index is 11.3. The zero-order chi connectivity index (χ0) is 20.6. The van der Waals surface area contributed by atoms with Gasteiger partial charge in [-0.15, -0.1) is 0 Å². The van der Waals surface area contributed by atoms with Crippen LogP contribution in [0.1, 0.15) is 27.2 Å². The highest BCUT2D eigenvalue weighted by Gasteiger charge is 2.49. The van der Waals surface area contributed by atoms with Crippen molar-refractivity contribution in [1.82, 2.24) is 0 Å². The number of benzene rings is 2. The average molecular weight is 399 g/mol. The summed E-state index contributed by atoms with van der Waals surface area (Å²) in [6.07, 6.45) is 2.69. The molecule has 4 nitrogen and oxygen atoms in total. The number of aliphatic hydroxyl groups is 1. The van der Waals surface area contributed by atoms with E-state index < -0.39 is 20.4 Å². The summed E-state index contributed by atoms with van der Waals surface area (Å²) in [4.78, 5) is 11.3. The molecule has 0 aliphatic carbocycles. The van der Waals surface area contributed by atoms with E-state index >= 15 is 0 Å². The van der Waals surface area contributed by atoms with Crippen molar-refractivity contribution in [3.05, 3.63) is 72.8 Å². The van der Waals surface area contributed by atoms with Crippen LogP contribution in [0.15, 0.2) is 72.8 Å². The summed E-state index contributed by atoms with van der Waals surface area (Å²) in [5, 5.41) is 12.1. The van der Waals surface area contributed by atoms with E-state index in [-0.39, 0.29) is 11.5 Å². The smallest absolute Gasteiger partial charge is 0.335 e. The predicted octanol–water partition coefficient (Wildman–Crippen LogP) is 3.04. The van der Waals surface area contributed by atoms with E-state index in [0.29, 0.717) is 6.61 Å². The molecule has 0 aliphatic heterocycles. The van der Waals surface area contributed by atoms with Crippen LogP contribution in [0.25, 0.3) is 0 Å². The SMILES string of the molecule is COC(=O)C(O)C/C=C/CO[Si](c1ccccc1)(c1ccccc1)C(C)(C)C. The van der Waals surface area contributed by atoms with Crippen LogP contribution >= 0.6 is 0 Å². The van der Waals surface area contributed by atoms with E-state index in [1.165, 1.54) is 17.5 Å².